The SMILES string of the molecule is COC(=O)C(OC)c1cccc(N2CC(OC)C2)c1. The molecule has 1 saturated heterocycles. The van der Waals surface area contributed by atoms with Crippen LogP contribution >= 0.6 is 0 Å². The maximum Gasteiger partial charge on any atom is 0.339 e. The van der Waals surface area contributed by atoms with E-state index in [1.54, 1.807) is 7.11 Å². The molecule has 0 aliphatic carbocycles. The van der Waals surface area contributed by atoms with Crippen molar-refractivity contribution in [2.75, 3.05) is 39.3 Å². The number of esters is 1. The van der Waals surface area contributed by atoms with Gasteiger partial charge < -0.3 is 19.1 Å². The van der Waals surface area contributed by atoms with E-state index < -0.39 is 12.1 Å². The molecule has 0 aromatic heterocycles. The van der Waals surface area contributed by atoms with Crippen molar-refractivity contribution in [3.8, 4) is 0 Å². The molecule has 1 aliphatic rings. The van der Waals surface area contributed by atoms with Crippen LogP contribution in [0.4, 0.5) is 5.69 Å². The topological polar surface area (TPSA) is 48.0 Å². The second-order valence-electron chi connectivity index (χ2n) is 4.50. The highest BCUT2D eigenvalue weighted by Gasteiger charge is 2.28. The molecule has 5 nitrogen and oxygen atoms in total. The van der Waals surface area contributed by atoms with Crippen LogP contribution in [-0.4, -0.2) is 46.5 Å². The van der Waals surface area contributed by atoms with Crippen LogP contribution in [0.25, 0.3) is 0 Å². The minimum Gasteiger partial charge on any atom is -0.467 e. The Labute approximate surface area is 113 Å². The van der Waals surface area contributed by atoms with Crippen LogP contribution in [0.15, 0.2) is 24.3 Å². The largest absolute Gasteiger partial charge is 0.467 e. The smallest absolute Gasteiger partial charge is 0.339 e. The molecule has 1 fully saturated rings. The van der Waals surface area contributed by atoms with E-state index in [0.29, 0.717) is 6.10 Å². The molecule has 104 valence electrons. The van der Waals surface area contributed by atoms with Gasteiger partial charge >= 0.3 is 5.97 Å². The van der Waals surface area contributed by atoms with Crippen molar-refractivity contribution < 1.29 is 19.0 Å². The average Bonchev–Trinajstić information content (AvgIpc) is 2.39. The molecule has 1 atom stereocenters. The lowest BCUT2D eigenvalue weighted by Gasteiger charge is -2.40. The summed E-state index contributed by atoms with van der Waals surface area (Å²) in [4.78, 5) is 13.8. The van der Waals surface area contributed by atoms with Crippen molar-refractivity contribution in [2.24, 2.45) is 0 Å². The van der Waals surface area contributed by atoms with Gasteiger partial charge in [-0.25, -0.2) is 4.79 Å². The number of ether oxygens (including phenoxy) is 3. The molecular weight excluding hydrogens is 246 g/mol. The van der Waals surface area contributed by atoms with Crippen LogP contribution in [0, 0.1) is 0 Å². The van der Waals surface area contributed by atoms with Crippen LogP contribution in [0.1, 0.15) is 11.7 Å². The highest BCUT2D eigenvalue weighted by atomic mass is 16.6. The molecule has 0 saturated carbocycles. The van der Waals surface area contributed by atoms with Crippen LogP contribution < -0.4 is 4.90 Å². The standard InChI is InChI=1S/C14H19NO4/c1-17-12-8-15(9-12)11-6-4-5-10(7-11)13(18-2)14(16)19-3/h4-7,12-13H,8-9H2,1-3H3. The number of carbonyl (C=O) groups excluding carboxylic acids is 1. The van der Waals surface area contributed by atoms with E-state index in [-0.39, 0.29) is 0 Å². The van der Waals surface area contributed by atoms with Gasteiger partial charge in [-0.05, 0) is 17.7 Å². The Kier molecular flexibility index (Phi) is 4.39. The Bertz CT molecular complexity index is 443. The summed E-state index contributed by atoms with van der Waals surface area (Å²) in [6.07, 6.45) is -0.382. The Morgan fingerprint density at radius 2 is 2.05 bits per heavy atom. The van der Waals surface area contributed by atoms with Crippen molar-refractivity contribution in [1.82, 2.24) is 0 Å². The van der Waals surface area contributed by atoms with Gasteiger partial charge in [0.25, 0.3) is 0 Å². The molecule has 19 heavy (non-hydrogen) atoms. The van der Waals surface area contributed by atoms with Gasteiger partial charge in [-0.3, -0.25) is 0 Å². The van der Waals surface area contributed by atoms with Gasteiger partial charge in [0.15, 0.2) is 6.10 Å². The fraction of sp³-hybridized carbons (Fsp3) is 0.500. The summed E-state index contributed by atoms with van der Waals surface area (Å²) in [6, 6.07) is 7.75. The van der Waals surface area contributed by atoms with Gasteiger partial charge in [0.1, 0.15) is 0 Å². The number of carbonyl (C=O) groups is 1. The van der Waals surface area contributed by atoms with E-state index in [4.69, 9.17) is 14.2 Å². The third kappa shape index (κ3) is 2.88. The third-order valence-corrected chi connectivity index (χ3v) is 3.37. The molecule has 1 aliphatic heterocycles. The number of benzene rings is 1. The summed E-state index contributed by atoms with van der Waals surface area (Å²) >= 11 is 0. The number of methoxy groups -OCH3 is 3. The minimum absolute atomic E-state index is 0.294. The predicted octanol–water partition coefficient (Wildman–Crippen LogP) is 1.38. The van der Waals surface area contributed by atoms with E-state index in [1.807, 2.05) is 24.3 Å². The fourth-order valence-corrected chi connectivity index (χ4v) is 2.16. The maximum atomic E-state index is 11.6. The summed E-state index contributed by atoms with van der Waals surface area (Å²) in [5.74, 6) is -0.391. The lowest BCUT2D eigenvalue weighted by atomic mass is 10.1. The van der Waals surface area contributed by atoms with Crippen molar-refractivity contribution in [2.45, 2.75) is 12.2 Å². The van der Waals surface area contributed by atoms with Gasteiger partial charge in [-0.15, -0.1) is 0 Å². The first-order chi connectivity index (χ1) is 9.19. The van der Waals surface area contributed by atoms with E-state index in [0.717, 1.165) is 24.3 Å². The molecule has 1 unspecified atom stereocenters. The Morgan fingerprint density at radius 3 is 2.63 bits per heavy atom. The van der Waals surface area contributed by atoms with Gasteiger partial charge in [-0.1, -0.05) is 12.1 Å². The Hall–Kier alpha value is -1.59. The zero-order valence-corrected chi connectivity index (χ0v) is 11.5. The van der Waals surface area contributed by atoms with Gasteiger partial charge in [0.2, 0.25) is 0 Å². The van der Waals surface area contributed by atoms with Crippen molar-refractivity contribution in [1.29, 1.82) is 0 Å². The molecule has 1 aromatic rings. The second kappa shape index (κ2) is 6.04. The van der Waals surface area contributed by atoms with Gasteiger partial charge in [-0.2, -0.15) is 0 Å². The summed E-state index contributed by atoms with van der Waals surface area (Å²) in [5, 5.41) is 0. The summed E-state index contributed by atoms with van der Waals surface area (Å²) in [7, 11) is 4.58. The van der Waals surface area contributed by atoms with Crippen molar-refractivity contribution in [3.05, 3.63) is 29.8 Å². The first kappa shape index (κ1) is 13.8. The van der Waals surface area contributed by atoms with E-state index in [2.05, 4.69) is 4.90 Å². The zero-order valence-electron chi connectivity index (χ0n) is 11.5. The highest BCUT2D eigenvalue weighted by molar-refractivity contribution is 5.77. The molecule has 0 spiro atoms. The van der Waals surface area contributed by atoms with E-state index in [9.17, 15) is 4.79 Å². The molecule has 5 heteroatoms. The number of hydrogen-bond acceptors (Lipinski definition) is 5. The normalized spacial score (nSPS) is 16.9. The molecule has 0 amide bonds. The van der Waals surface area contributed by atoms with Crippen LogP contribution in [0.3, 0.4) is 0 Å². The maximum absolute atomic E-state index is 11.6. The molecule has 0 N–H and O–H groups in total. The highest BCUT2D eigenvalue weighted by Crippen LogP contribution is 2.27. The lowest BCUT2D eigenvalue weighted by Crippen LogP contribution is -2.51. The Morgan fingerprint density at radius 1 is 1.32 bits per heavy atom. The van der Waals surface area contributed by atoms with Crippen LogP contribution in [-0.2, 0) is 19.0 Å². The van der Waals surface area contributed by atoms with E-state index >= 15 is 0 Å². The van der Waals surface area contributed by atoms with Crippen molar-refractivity contribution in [3.63, 3.8) is 0 Å². The zero-order chi connectivity index (χ0) is 13.8. The number of anilines is 1. The molecule has 2 rings (SSSR count). The monoisotopic (exact) mass is 265 g/mol. The van der Waals surface area contributed by atoms with Crippen molar-refractivity contribution >= 4 is 11.7 Å². The Balaban J connectivity index is 2.13. The number of nitrogens with zero attached hydrogens (tertiary/aromatic N) is 1. The molecular formula is C14H19NO4. The number of hydrogen-bond donors (Lipinski definition) is 0. The van der Waals surface area contributed by atoms with Gasteiger partial charge in [0, 0.05) is 33.0 Å². The molecule has 1 heterocycles. The third-order valence-electron chi connectivity index (χ3n) is 3.37. The average molecular weight is 265 g/mol. The molecule has 1 aromatic carbocycles. The lowest BCUT2D eigenvalue weighted by molar-refractivity contribution is -0.152. The first-order valence-corrected chi connectivity index (χ1v) is 6.18. The summed E-state index contributed by atoms with van der Waals surface area (Å²) in [5.41, 5.74) is 1.87. The predicted molar refractivity (Wildman–Crippen MR) is 71.2 cm³/mol. The fourth-order valence-electron chi connectivity index (χ4n) is 2.16. The van der Waals surface area contributed by atoms with Gasteiger partial charge in [0.05, 0.1) is 13.2 Å². The van der Waals surface area contributed by atoms with Crippen LogP contribution in [0.5, 0.6) is 0 Å². The summed E-state index contributed by atoms with van der Waals surface area (Å²) < 4.78 is 15.2. The first-order valence-electron chi connectivity index (χ1n) is 6.18. The molecule has 0 bridgehead atoms. The second-order valence-corrected chi connectivity index (χ2v) is 4.50. The quantitative estimate of drug-likeness (QED) is 0.753. The summed E-state index contributed by atoms with van der Waals surface area (Å²) in [6.45, 7) is 1.74. The number of rotatable bonds is 5. The molecule has 0 radical (unpaired) electrons. The minimum atomic E-state index is -0.676. The van der Waals surface area contributed by atoms with E-state index in [1.165, 1.54) is 14.2 Å². The van der Waals surface area contributed by atoms with Crippen LogP contribution in [0.2, 0.25) is 0 Å².